The van der Waals surface area contributed by atoms with Gasteiger partial charge in [0.1, 0.15) is 12.4 Å². The molecule has 0 aromatic heterocycles. The summed E-state index contributed by atoms with van der Waals surface area (Å²) in [4.78, 5) is 28.2. The van der Waals surface area contributed by atoms with Crippen LogP contribution in [0.15, 0.2) is 42.5 Å². The molecule has 1 aliphatic carbocycles. The van der Waals surface area contributed by atoms with Crippen LogP contribution in [-0.4, -0.2) is 31.7 Å². The lowest BCUT2D eigenvalue weighted by atomic mass is 9.80. The van der Waals surface area contributed by atoms with Crippen molar-refractivity contribution in [2.75, 3.05) is 29.5 Å². The van der Waals surface area contributed by atoms with Gasteiger partial charge in [0, 0.05) is 28.8 Å². The lowest BCUT2D eigenvalue weighted by Gasteiger charge is -2.25. The number of carbonyl (C=O) groups excluding carboxylic acids is 2. The highest BCUT2D eigenvalue weighted by atomic mass is 19.1. The molecule has 1 spiro atoms. The van der Waals surface area contributed by atoms with Gasteiger partial charge in [-0.15, -0.1) is 0 Å². The number of carbonyl (C=O) groups is 2. The summed E-state index contributed by atoms with van der Waals surface area (Å²) in [6, 6.07) is 12.0. The summed E-state index contributed by atoms with van der Waals surface area (Å²) in [5, 5.41) is 0. The Balaban J connectivity index is 1.46. The first-order chi connectivity index (χ1) is 13.6. The van der Waals surface area contributed by atoms with Gasteiger partial charge >= 0.3 is 6.09 Å². The summed E-state index contributed by atoms with van der Waals surface area (Å²) in [5.41, 5.74) is 2.38. The standard InChI is InChI=1S/C22H21FN2O3/c23-17-4-3-5-18-19(17)22(10-1-2-11-22)14-25(18)20(26)15-6-8-16(9-7-15)24-12-13-28-21(24)27/h3-9H,1-2,10-14H2. The largest absolute Gasteiger partial charge is 0.447 e. The number of hydrogen-bond donors (Lipinski definition) is 0. The molecule has 0 atom stereocenters. The van der Waals surface area contributed by atoms with Gasteiger partial charge in [-0.05, 0) is 49.2 Å². The van der Waals surface area contributed by atoms with Gasteiger partial charge in [0.05, 0.1) is 12.2 Å². The van der Waals surface area contributed by atoms with Crippen molar-refractivity contribution in [3.05, 3.63) is 59.4 Å². The van der Waals surface area contributed by atoms with Crippen molar-refractivity contribution < 1.29 is 18.7 Å². The Bertz CT molecular complexity index is 951. The van der Waals surface area contributed by atoms with Gasteiger partial charge in [0.2, 0.25) is 0 Å². The fourth-order valence-corrected chi connectivity index (χ4v) is 4.94. The average molecular weight is 380 g/mol. The third kappa shape index (κ3) is 2.51. The Kier molecular flexibility index (Phi) is 3.89. The molecule has 2 amide bonds. The van der Waals surface area contributed by atoms with Crippen molar-refractivity contribution in [1.29, 1.82) is 0 Å². The Labute approximate surface area is 162 Å². The molecule has 0 radical (unpaired) electrons. The first kappa shape index (κ1) is 17.2. The molecule has 0 bridgehead atoms. The third-order valence-electron chi connectivity index (χ3n) is 6.27. The smallest absolute Gasteiger partial charge is 0.414 e. The van der Waals surface area contributed by atoms with E-state index in [2.05, 4.69) is 0 Å². The predicted octanol–water partition coefficient (Wildman–Crippen LogP) is 4.25. The van der Waals surface area contributed by atoms with Crippen LogP contribution in [0.25, 0.3) is 0 Å². The van der Waals surface area contributed by atoms with E-state index < -0.39 is 0 Å². The van der Waals surface area contributed by atoms with Crippen LogP contribution in [0.5, 0.6) is 0 Å². The zero-order chi connectivity index (χ0) is 19.3. The molecule has 2 aromatic carbocycles. The molecule has 144 valence electrons. The minimum atomic E-state index is -0.369. The maximum absolute atomic E-state index is 14.7. The monoisotopic (exact) mass is 380 g/mol. The molecule has 2 heterocycles. The molecular weight excluding hydrogens is 359 g/mol. The van der Waals surface area contributed by atoms with Crippen LogP contribution in [0.4, 0.5) is 20.6 Å². The van der Waals surface area contributed by atoms with Gasteiger partial charge in [-0.1, -0.05) is 18.9 Å². The summed E-state index contributed by atoms with van der Waals surface area (Å²) in [6.07, 6.45) is 3.60. The number of ether oxygens (including phenoxy) is 1. The second kappa shape index (κ2) is 6.33. The lowest BCUT2D eigenvalue weighted by molar-refractivity contribution is 0.0985. The number of hydrogen-bond acceptors (Lipinski definition) is 3. The number of nitrogens with zero attached hydrogens (tertiary/aromatic N) is 2. The molecule has 28 heavy (non-hydrogen) atoms. The van der Waals surface area contributed by atoms with Crippen molar-refractivity contribution in [1.82, 2.24) is 0 Å². The van der Waals surface area contributed by atoms with Crippen molar-refractivity contribution >= 4 is 23.4 Å². The summed E-state index contributed by atoms with van der Waals surface area (Å²) in [5.74, 6) is -0.344. The first-order valence-corrected chi connectivity index (χ1v) is 9.74. The quantitative estimate of drug-likeness (QED) is 0.782. The fourth-order valence-electron chi connectivity index (χ4n) is 4.94. The minimum absolute atomic E-state index is 0.133. The topological polar surface area (TPSA) is 49.9 Å². The highest BCUT2D eigenvalue weighted by Crippen LogP contribution is 2.51. The Hall–Kier alpha value is -2.89. The van der Waals surface area contributed by atoms with E-state index in [9.17, 15) is 14.0 Å². The molecular formula is C22H21FN2O3. The molecule has 1 saturated carbocycles. The molecule has 1 saturated heterocycles. The summed E-state index contributed by atoms with van der Waals surface area (Å²) >= 11 is 0. The van der Waals surface area contributed by atoms with Gasteiger partial charge in [0.15, 0.2) is 0 Å². The van der Waals surface area contributed by atoms with E-state index in [-0.39, 0.29) is 23.2 Å². The lowest BCUT2D eigenvalue weighted by Crippen LogP contribution is -2.35. The minimum Gasteiger partial charge on any atom is -0.447 e. The van der Waals surface area contributed by atoms with Gasteiger partial charge < -0.3 is 9.64 Å². The van der Waals surface area contributed by atoms with Crippen molar-refractivity contribution in [3.8, 4) is 0 Å². The number of amides is 2. The summed E-state index contributed by atoms with van der Waals surface area (Å²) in [6.45, 7) is 1.41. The van der Waals surface area contributed by atoms with Crippen LogP contribution in [0, 0.1) is 5.82 Å². The number of cyclic esters (lactones) is 1. The van der Waals surface area contributed by atoms with Crippen LogP contribution in [0.3, 0.4) is 0 Å². The van der Waals surface area contributed by atoms with E-state index in [1.54, 1.807) is 40.1 Å². The summed E-state index contributed by atoms with van der Waals surface area (Å²) in [7, 11) is 0. The number of benzene rings is 2. The molecule has 0 unspecified atom stereocenters. The molecule has 2 aliphatic heterocycles. The molecule has 3 aliphatic rings. The highest BCUT2D eigenvalue weighted by molar-refractivity contribution is 6.08. The fraction of sp³-hybridized carbons (Fsp3) is 0.364. The molecule has 5 rings (SSSR count). The van der Waals surface area contributed by atoms with Gasteiger partial charge in [0.25, 0.3) is 5.91 Å². The van der Waals surface area contributed by atoms with Crippen LogP contribution in [0.2, 0.25) is 0 Å². The van der Waals surface area contributed by atoms with Crippen molar-refractivity contribution in [2.45, 2.75) is 31.1 Å². The van der Waals surface area contributed by atoms with Gasteiger partial charge in [-0.2, -0.15) is 0 Å². The SMILES string of the molecule is O=C1OCCN1c1ccc(C(=O)N2CC3(CCCC3)c3c(F)cccc32)cc1. The maximum atomic E-state index is 14.7. The van der Waals surface area contributed by atoms with E-state index in [1.165, 1.54) is 6.07 Å². The Morgan fingerprint density at radius 2 is 1.82 bits per heavy atom. The zero-order valence-electron chi connectivity index (χ0n) is 15.5. The highest BCUT2D eigenvalue weighted by Gasteiger charge is 2.48. The molecule has 6 heteroatoms. The van der Waals surface area contributed by atoms with Crippen LogP contribution >= 0.6 is 0 Å². The third-order valence-corrected chi connectivity index (χ3v) is 6.27. The second-order valence-electron chi connectivity index (χ2n) is 7.83. The van der Waals surface area contributed by atoms with Gasteiger partial charge in [-0.3, -0.25) is 9.69 Å². The summed E-state index contributed by atoms with van der Waals surface area (Å²) < 4.78 is 19.7. The number of rotatable bonds is 2. The van der Waals surface area contributed by atoms with Crippen molar-refractivity contribution in [2.24, 2.45) is 0 Å². The Morgan fingerprint density at radius 1 is 1.07 bits per heavy atom. The van der Waals surface area contributed by atoms with Crippen LogP contribution in [0.1, 0.15) is 41.6 Å². The second-order valence-corrected chi connectivity index (χ2v) is 7.83. The number of anilines is 2. The predicted molar refractivity (Wildman–Crippen MR) is 103 cm³/mol. The van der Waals surface area contributed by atoms with Gasteiger partial charge in [-0.25, -0.2) is 9.18 Å². The van der Waals surface area contributed by atoms with E-state index in [1.807, 2.05) is 6.07 Å². The van der Waals surface area contributed by atoms with Crippen molar-refractivity contribution in [3.63, 3.8) is 0 Å². The molecule has 5 nitrogen and oxygen atoms in total. The van der Waals surface area contributed by atoms with Crippen LogP contribution in [-0.2, 0) is 10.2 Å². The first-order valence-electron chi connectivity index (χ1n) is 9.74. The van der Waals surface area contributed by atoms with E-state index in [0.29, 0.717) is 42.2 Å². The molecule has 2 aromatic rings. The average Bonchev–Trinajstić information content (AvgIpc) is 3.42. The normalized spacial score (nSPS) is 20.0. The van der Waals surface area contributed by atoms with E-state index >= 15 is 0 Å². The Morgan fingerprint density at radius 3 is 2.50 bits per heavy atom. The van der Waals surface area contributed by atoms with E-state index in [4.69, 9.17) is 4.74 Å². The maximum Gasteiger partial charge on any atom is 0.414 e. The van der Waals surface area contributed by atoms with E-state index in [0.717, 1.165) is 25.7 Å². The number of fused-ring (bicyclic) bond motifs is 2. The van der Waals surface area contributed by atoms with Crippen LogP contribution < -0.4 is 9.80 Å². The molecule has 2 fully saturated rings. The number of halogens is 1. The molecule has 0 N–H and O–H groups in total. The zero-order valence-corrected chi connectivity index (χ0v) is 15.5.